The van der Waals surface area contributed by atoms with Crippen LogP contribution in [0.2, 0.25) is 0 Å². The van der Waals surface area contributed by atoms with Gasteiger partial charge in [-0.1, -0.05) is 44.7 Å². The van der Waals surface area contributed by atoms with Crippen molar-refractivity contribution in [2.24, 2.45) is 11.8 Å². The molecule has 1 aliphatic rings. The second-order valence-corrected chi connectivity index (χ2v) is 6.38. The van der Waals surface area contributed by atoms with Crippen LogP contribution in [0.1, 0.15) is 51.0 Å². The summed E-state index contributed by atoms with van der Waals surface area (Å²) >= 11 is 0. The van der Waals surface area contributed by atoms with E-state index in [1.54, 1.807) is 12.1 Å². The van der Waals surface area contributed by atoms with E-state index in [1.807, 2.05) is 7.05 Å². The fraction of sp³-hybridized carbons (Fsp3) is 0.667. The lowest BCUT2D eigenvalue weighted by molar-refractivity contribution is 0.216. The van der Waals surface area contributed by atoms with Crippen LogP contribution in [0.3, 0.4) is 0 Å². The molecular weight excluding hydrogens is 268 g/mol. The van der Waals surface area contributed by atoms with Crippen molar-refractivity contribution in [3.05, 3.63) is 35.4 Å². The lowest BCUT2D eigenvalue weighted by Crippen LogP contribution is -2.38. The number of rotatable bonds is 6. The molecule has 0 aromatic heterocycles. The van der Waals surface area contributed by atoms with Crippen LogP contribution in [0.25, 0.3) is 0 Å². The number of nitrogens with one attached hydrogen (secondary N) is 1. The third-order valence-electron chi connectivity index (χ3n) is 5.00. The summed E-state index contributed by atoms with van der Waals surface area (Å²) in [4.78, 5) is 0. The summed E-state index contributed by atoms with van der Waals surface area (Å²) in [5.41, 5.74) is 0.491. The van der Waals surface area contributed by atoms with Gasteiger partial charge < -0.3 is 5.32 Å². The first kappa shape index (κ1) is 16.4. The molecular formula is C18H27F2N. The maximum absolute atomic E-state index is 13.8. The minimum Gasteiger partial charge on any atom is -0.316 e. The van der Waals surface area contributed by atoms with Gasteiger partial charge in [-0.25, -0.2) is 8.78 Å². The van der Waals surface area contributed by atoms with Gasteiger partial charge in [0.15, 0.2) is 11.6 Å². The summed E-state index contributed by atoms with van der Waals surface area (Å²) in [6, 6.07) is 4.72. The summed E-state index contributed by atoms with van der Waals surface area (Å²) < 4.78 is 27.1. The Morgan fingerprint density at radius 3 is 2.52 bits per heavy atom. The van der Waals surface area contributed by atoms with Gasteiger partial charge in [0.1, 0.15) is 0 Å². The van der Waals surface area contributed by atoms with Gasteiger partial charge in [-0.15, -0.1) is 0 Å². The minimum atomic E-state index is -0.742. The van der Waals surface area contributed by atoms with Gasteiger partial charge >= 0.3 is 0 Å². The van der Waals surface area contributed by atoms with Crippen molar-refractivity contribution in [1.82, 2.24) is 5.32 Å². The minimum absolute atomic E-state index is 0.240. The Kier molecular flexibility index (Phi) is 6.16. The zero-order valence-electron chi connectivity index (χ0n) is 13.2. The number of likely N-dealkylation sites (N-methyl/N-ethyl adjacent to an activating group) is 1. The van der Waals surface area contributed by atoms with Crippen molar-refractivity contribution in [3.63, 3.8) is 0 Å². The van der Waals surface area contributed by atoms with Gasteiger partial charge in [-0.05, 0) is 49.8 Å². The third kappa shape index (κ3) is 4.26. The lowest BCUT2D eigenvalue weighted by Gasteiger charge is -2.34. The second kappa shape index (κ2) is 7.88. The molecule has 1 saturated carbocycles. The van der Waals surface area contributed by atoms with E-state index in [-0.39, 0.29) is 6.04 Å². The molecule has 1 aliphatic carbocycles. The van der Waals surface area contributed by atoms with Crippen LogP contribution in [-0.2, 0) is 6.42 Å². The Morgan fingerprint density at radius 1 is 1.19 bits per heavy atom. The average molecular weight is 295 g/mol. The monoisotopic (exact) mass is 295 g/mol. The molecule has 0 radical (unpaired) electrons. The van der Waals surface area contributed by atoms with E-state index in [0.717, 1.165) is 5.92 Å². The molecule has 1 aromatic carbocycles. The van der Waals surface area contributed by atoms with Crippen LogP contribution in [-0.4, -0.2) is 13.1 Å². The van der Waals surface area contributed by atoms with Crippen LogP contribution in [0.15, 0.2) is 18.2 Å². The van der Waals surface area contributed by atoms with E-state index < -0.39 is 11.6 Å². The van der Waals surface area contributed by atoms with Crippen molar-refractivity contribution >= 4 is 0 Å². The highest BCUT2D eigenvalue weighted by atomic mass is 19.2. The van der Waals surface area contributed by atoms with E-state index in [1.165, 1.54) is 44.6 Å². The summed E-state index contributed by atoms with van der Waals surface area (Å²) in [6.07, 6.45) is 8.13. The van der Waals surface area contributed by atoms with Gasteiger partial charge in [0.25, 0.3) is 0 Å². The van der Waals surface area contributed by atoms with Crippen molar-refractivity contribution in [3.8, 4) is 0 Å². The fourth-order valence-electron chi connectivity index (χ4n) is 3.73. The summed E-state index contributed by atoms with van der Waals surface area (Å²) in [6.45, 7) is 2.25. The number of benzene rings is 1. The SMILES string of the molecule is CCCC1CCC(C(Cc2cccc(F)c2F)NC)CC1. The Hall–Kier alpha value is -0.960. The van der Waals surface area contributed by atoms with Crippen molar-refractivity contribution < 1.29 is 8.78 Å². The Morgan fingerprint density at radius 2 is 1.90 bits per heavy atom. The molecule has 1 nitrogen and oxygen atoms in total. The number of hydrogen-bond donors (Lipinski definition) is 1. The molecule has 1 fully saturated rings. The molecule has 3 heteroatoms. The number of halogens is 2. The lowest BCUT2D eigenvalue weighted by atomic mass is 9.76. The highest BCUT2D eigenvalue weighted by Crippen LogP contribution is 2.34. The van der Waals surface area contributed by atoms with Crippen LogP contribution >= 0.6 is 0 Å². The van der Waals surface area contributed by atoms with Crippen molar-refractivity contribution in [2.45, 2.75) is 57.9 Å². The molecule has 1 aromatic rings. The van der Waals surface area contributed by atoms with Crippen LogP contribution in [0, 0.1) is 23.5 Å². The van der Waals surface area contributed by atoms with E-state index in [0.29, 0.717) is 17.9 Å². The molecule has 0 bridgehead atoms. The molecule has 0 spiro atoms. The first-order chi connectivity index (χ1) is 10.2. The van der Waals surface area contributed by atoms with Crippen LogP contribution in [0.4, 0.5) is 8.78 Å². The molecule has 0 amide bonds. The van der Waals surface area contributed by atoms with E-state index >= 15 is 0 Å². The first-order valence-electron chi connectivity index (χ1n) is 8.25. The summed E-state index contributed by atoms with van der Waals surface area (Å²) in [5, 5.41) is 3.32. The maximum Gasteiger partial charge on any atom is 0.162 e. The topological polar surface area (TPSA) is 12.0 Å². The molecule has 1 atom stereocenters. The molecule has 118 valence electrons. The van der Waals surface area contributed by atoms with Crippen LogP contribution in [0.5, 0.6) is 0 Å². The Labute approximate surface area is 127 Å². The van der Waals surface area contributed by atoms with E-state index in [4.69, 9.17) is 0 Å². The van der Waals surface area contributed by atoms with Gasteiger partial charge in [0, 0.05) is 6.04 Å². The predicted molar refractivity (Wildman–Crippen MR) is 83.3 cm³/mol. The molecule has 2 rings (SSSR count). The second-order valence-electron chi connectivity index (χ2n) is 6.38. The van der Waals surface area contributed by atoms with Crippen molar-refractivity contribution in [1.29, 1.82) is 0 Å². The zero-order valence-corrected chi connectivity index (χ0v) is 13.2. The predicted octanol–water partition coefficient (Wildman–Crippen LogP) is 4.70. The standard InChI is InChI=1S/C18H27F2N/c1-3-5-13-8-10-14(11-9-13)17(21-2)12-15-6-4-7-16(19)18(15)20/h4,6-7,13-14,17,21H,3,5,8-12H2,1-2H3. The molecule has 0 heterocycles. The molecule has 0 saturated heterocycles. The van der Waals surface area contributed by atoms with Gasteiger partial charge in [-0.2, -0.15) is 0 Å². The highest BCUT2D eigenvalue weighted by molar-refractivity contribution is 5.20. The fourth-order valence-corrected chi connectivity index (χ4v) is 3.73. The first-order valence-corrected chi connectivity index (χ1v) is 8.25. The Balaban J connectivity index is 1.96. The third-order valence-corrected chi connectivity index (χ3v) is 5.00. The molecule has 21 heavy (non-hydrogen) atoms. The quantitative estimate of drug-likeness (QED) is 0.802. The van der Waals surface area contributed by atoms with Gasteiger partial charge in [0.05, 0.1) is 0 Å². The average Bonchev–Trinajstić information content (AvgIpc) is 2.50. The highest BCUT2D eigenvalue weighted by Gasteiger charge is 2.27. The van der Waals surface area contributed by atoms with Gasteiger partial charge in [0.2, 0.25) is 0 Å². The van der Waals surface area contributed by atoms with Crippen molar-refractivity contribution in [2.75, 3.05) is 7.05 Å². The van der Waals surface area contributed by atoms with E-state index in [2.05, 4.69) is 12.2 Å². The zero-order chi connectivity index (χ0) is 15.2. The number of hydrogen-bond acceptors (Lipinski definition) is 1. The van der Waals surface area contributed by atoms with Gasteiger partial charge in [-0.3, -0.25) is 0 Å². The Bertz CT molecular complexity index is 439. The van der Waals surface area contributed by atoms with Crippen LogP contribution < -0.4 is 5.32 Å². The smallest absolute Gasteiger partial charge is 0.162 e. The molecule has 0 aliphatic heterocycles. The molecule has 1 unspecified atom stereocenters. The summed E-state index contributed by atoms with van der Waals surface area (Å²) in [7, 11) is 1.93. The largest absolute Gasteiger partial charge is 0.316 e. The normalized spacial score (nSPS) is 24.0. The summed E-state index contributed by atoms with van der Waals surface area (Å²) in [5.74, 6) is 0.0202. The van der Waals surface area contributed by atoms with E-state index in [9.17, 15) is 8.78 Å². The maximum atomic E-state index is 13.8. The molecule has 1 N–H and O–H groups in total.